The summed E-state index contributed by atoms with van der Waals surface area (Å²) in [6.07, 6.45) is 9.37. The second kappa shape index (κ2) is 7.38. The summed E-state index contributed by atoms with van der Waals surface area (Å²) >= 11 is 0. The Bertz CT molecular complexity index is 570. The van der Waals surface area contributed by atoms with Crippen LogP contribution >= 0.6 is 0 Å². The minimum absolute atomic E-state index is 0.107. The Hall–Kier alpha value is -1.53. The molecule has 2 atom stereocenters. The summed E-state index contributed by atoms with van der Waals surface area (Å²) in [6.45, 7) is 6.45. The molecule has 0 spiro atoms. The van der Waals surface area contributed by atoms with E-state index in [2.05, 4.69) is 10.2 Å². The van der Waals surface area contributed by atoms with Crippen LogP contribution in [0.5, 0.6) is 0 Å². The second-order valence-corrected chi connectivity index (χ2v) is 7.78. The molecular weight excluding hydrogens is 318 g/mol. The number of rotatable bonds is 5. The van der Waals surface area contributed by atoms with Gasteiger partial charge in [-0.25, -0.2) is 4.79 Å². The predicted molar refractivity (Wildman–Crippen MR) is 94.2 cm³/mol. The van der Waals surface area contributed by atoms with Crippen molar-refractivity contribution in [3.05, 3.63) is 24.2 Å². The summed E-state index contributed by atoms with van der Waals surface area (Å²) < 4.78 is 11.2. The number of nitrogens with zero attached hydrogens (tertiary/aromatic N) is 2. The van der Waals surface area contributed by atoms with Crippen molar-refractivity contribution < 1.29 is 13.9 Å². The maximum absolute atomic E-state index is 12.2. The number of furan rings is 1. The van der Waals surface area contributed by atoms with Gasteiger partial charge in [-0.15, -0.1) is 0 Å². The summed E-state index contributed by atoms with van der Waals surface area (Å²) in [5, 5.41) is 3.14. The highest BCUT2D eigenvalue weighted by Crippen LogP contribution is 2.43. The molecule has 4 rings (SSSR count). The van der Waals surface area contributed by atoms with Crippen LogP contribution in [0, 0.1) is 5.41 Å². The predicted octanol–water partition coefficient (Wildman–Crippen LogP) is 2.46. The Morgan fingerprint density at radius 3 is 3.00 bits per heavy atom. The van der Waals surface area contributed by atoms with Crippen molar-refractivity contribution in [2.75, 3.05) is 39.3 Å². The molecule has 3 aliphatic rings. The first-order valence-electron chi connectivity index (χ1n) is 9.63. The van der Waals surface area contributed by atoms with E-state index < -0.39 is 0 Å². The highest BCUT2D eigenvalue weighted by Gasteiger charge is 2.47. The fraction of sp³-hybridized carbons (Fsp3) is 0.737. The average molecular weight is 347 g/mol. The van der Waals surface area contributed by atoms with E-state index in [-0.39, 0.29) is 11.4 Å². The fourth-order valence-electron chi connectivity index (χ4n) is 4.73. The number of urea groups is 1. The van der Waals surface area contributed by atoms with Crippen molar-refractivity contribution in [2.45, 2.75) is 44.8 Å². The van der Waals surface area contributed by atoms with Gasteiger partial charge >= 0.3 is 6.03 Å². The summed E-state index contributed by atoms with van der Waals surface area (Å²) in [7, 11) is 0. The number of piperidine rings is 1. The normalized spacial score (nSPS) is 29.8. The molecule has 1 N–H and O–H groups in total. The molecule has 0 bridgehead atoms. The molecule has 3 fully saturated rings. The largest absolute Gasteiger partial charge is 0.472 e. The Labute approximate surface area is 149 Å². The van der Waals surface area contributed by atoms with Crippen molar-refractivity contribution in [1.82, 2.24) is 15.1 Å². The van der Waals surface area contributed by atoms with Crippen LogP contribution in [-0.2, 0) is 11.3 Å². The van der Waals surface area contributed by atoms with Gasteiger partial charge in [0.15, 0.2) is 0 Å². The Balaban J connectivity index is 1.32. The van der Waals surface area contributed by atoms with Gasteiger partial charge in [0.25, 0.3) is 0 Å². The molecule has 138 valence electrons. The van der Waals surface area contributed by atoms with E-state index >= 15 is 0 Å². The van der Waals surface area contributed by atoms with Crippen LogP contribution in [0.4, 0.5) is 4.79 Å². The van der Waals surface area contributed by atoms with Crippen molar-refractivity contribution in [3.63, 3.8) is 0 Å². The Kier molecular flexibility index (Phi) is 4.99. The van der Waals surface area contributed by atoms with Crippen LogP contribution in [0.2, 0.25) is 0 Å². The third-order valence-corrected chi connectivity index (χ3v) is 6.13. The first-order valence-corrected chi connectivity index (χ1v) is 9.63. The van der Waals surface area contributed by atoms with E-state index in [0.717, 1.165) is 78.0 Å². The molecule has 0 radical (unpaired) electrons. The highest BCUT2D eigenvalue weighted by molar-refractivity contribution is 5.74. The number of amides is 2. The zero-order valence-electron chi connectivity index (χ0n) is 14.9. The molecule has 3 aliphatic heterocycles. The summed E-state index contributed by atoms with van der Waals surface area (Å²) in [4.78, 5) is 16.7. The number of nitrogens with one attached hydrogen (secondary N) is 1. The number of hydrogen-bond acceptors (Lipinski definition) is 4. The van der Waals surface area contributed by atoms with E-state index in [1.54, 1.807) is 6.26 Å². The van der Waals surface area contributed by atoms with Crippen LogP contribution in [0.3, 0.4) is 0 Å². The fourth-order valence-corrected chi connectivity index (χ4v) is 4.73. The van der Waals surface area contributed by atoms with E-state index in [4.69, 9.17) is 9.15 Å². The van der Waals surface area contributed by atoms with Gasteiger partial charge < -0.3 is 19.4 Å². The molecule has 0 unspecified atom stereocenters. The highest BCUT2D eigenvalue weighted by atomic mass is 16.5. The third-order valence-electron chi connectivity index (χ3n) is 6.13. The van der Waals surface area contributed by atoms with Gasteiger partial charge in [0.2, 0.25) is 0 Å². The minimum atomic E-state index is 0.107. The smallest absolute Gasteiger partial charge is 0.317 e. The lowest BCUT2D eigenvalue weighted by atomic mass is 9.74. The van der Waals surface area contributed by atoms with Crippen LogP contribution in [-0.4, -0.2) is 61.3 Å². The van der Waals surface area contributed by atoms with Crippen LogP contribution in [0.1, 0.15) is 37.7 Å². The zero-order chi connectivity index (χ0) is 17.1. The van der Waals surface area contributed by atoms with Crippen molar-refractivity contribution in [1.29, 1.82) is 0 Å². The monoisotopic (exact) mass is 347 g/mol. The second-order valence-electron chi connectivity index (χ2n) is 7.78. The molecule has 25 heavy (non-hydrogen) atoms. The topological polar surface area (TPSA) is 58.0 Å². The quantitative estimate of drug-likeness (QED) is 0.889. The van der Waals surface area contributed by atoms with Crippen LogP contribution < -0.4 is 5.32 Å². The molecule has 2 amide bonds. The SMILES string of the molecule is O=C(NCC[C@]12CCO[C@H]1CCN(Cc1ccoc1)C2)N1CCCC1. The van der Waals surface area contributed by atoms with Crippen molar-refractivity contribution in [3.8, 4) is 0 Å². The van der Waals surface area contributed by atoms with E-state index in [9.17, 15) is 4.79 Å². The maximum atomic E-state index is 12.2. The van der Waals surface area contributed by atoms with Crippen molar-refractivity contribution >= 4 is 6.03 Å². The molecule has 1 aromatic rings. The number of likely N-dealkylation sites (tertiary alicyclic amines) is 2. The van der Waals surface area contributed by atoms with Crippen molar-refractivity contribution in [2.24, 2.45) is 5.41 Å². The van der Waals surface area contributed by atoms with Gasteiger partial charge in [-0.2, -0.15) is 0 Å². The van der Waals surface area contributed by atoms with Gasteiger partial charge in [0, 0.05) is 56.9 Å². The Morgan fingerprint density at radius 1 is 1.32 bits per heavy atom. The molecule has 0 saturated carbocycles. The van der Waals surface area contributed by atoms with E-state index in [1.807, 2.05) is 17.2 Å². The third kappa shape index (κ3) is 3.70. The molecule has 4 heterocycles. The summed E-state index contributed by atoms with van der Waals surface area (Å²) in [5.74, 6) is 0. The molecule has 0 aliphatic carbocycles. The lowest BCUT2D eigenvalue weighted by Crippen LogP contribution is -2.50. The molecule has 3 saturated heterocycles. The lowest BCUT2D eigenvalue weighted by molar-refractivity contribution is -0.0240. The van der Waals surface area contributed by atoms with Crippen LogP contribution in [0.25, 0.3) is 0 Å². The van der Waals surface area contributed by atoms with E-state index in [0.29, 0.717) is 6.10 Å². The maximum Gasteiger partial charge on any atom is 0.317 e. The van der Waals surface area contributed by atoms with E-state index in [1.165, 1.54) is 5.56 Å². The molecule has 6 nitrogen and oxygen atoms in total. The van der Waals surface area contributed by atoms with Crippen LogP contribution in [0.15, 0.2) is 23.0 Å². The van der Waals surface area contributed by atoms with Gasteiger partial charge in [-0.1, -0.05) is 0 Å². The molecule has 6 heteroatoms. The summed E-state index contributed by atoms with van der Waals surface area (Å²) in [5.41, 5.74) is 1.41. The van der Waals surface area contributed by atoms with Gasteiger partial charge in [-0.3, -0.25) is 4.90 Å². The molecule has 1 aromatic heterocycles. The Morgan fingerprint density at radius 2 is 2.20 bits per heavy atom. The number of fused-ring (bicyclic) bond motifs is 1. The molecule has 0 aromatic carbocycles. The minimum Gasteiger partial charge on any atom is -0.472 e. The van der Waals surface area contributed by atoms with Gasteiger partial charge in [0.1, 0.15) is 0 Å². The molecular formula is C19H29N3O3. The number of ether oxygens (including phenoxy) is 1. The average Bonchev–Trinajstić information content (AvgIpc) is 3.36. The number of hydrogen-bond donors (Lipinski definition) is 1. The summed E-state index contributed by atoms with van der Waals surface area (Å²) in [6, 6.07) is 2.15. The number of carbonyl (C=O) groups is 1. The first-order chi connectivity index (χ1) is 12.3. The lowest BCUT2D eigenvalue weighted by Gasteiger charge is -2.44. The van der Waals surface area contributed by atoms with Gasteiger partial charge in [0.05, 0.1) is 18.6 Å². The standard InChI is InChI=1S/C19H29N3O3/c23-18(22-8-1-2-9-22)20-7-5-19-6-12-25-17(19)3-10-21(15-19)13-16-4-11-24-14-16/h4,11,14,17H,1-3,5-10,12-13,15H2,(H,20,23)/t17-,19+/m0/s1. The number of carbonyl (C=O) groups excluding carboxylic acids is 1. The van der Waals surface area contributed by atoms with Gasteiger partial charge in [-0.05, 0) is 38.2 Å². The zero-order valence-corrected chi connectivity index (χ0v) is 14.9. The first kappa shape index (κ1) is 16.9.